The fourth-order valence-electron chi connectivity index (χ4n) is 3.21. The van der Waals surface area contributed by atoms with Crippen LogP contribution >= 0.6 is 0 Å². The summed E-state index contributed by atoms with van der Waals surface area (Å²) in [5.74, 6) is -0.637. The van der Waals surface area contributed by atoms with Gasteiger partial charge in [-0.3, -0.25) is 4.79 Å². The minimum absolute atomic E-state index is 0.0886. The molecule has 0 atom stereocenters. The Labute approximate surface area is 170 Å². The van der Waals surface area contributed by atoms with Crippen LogP contribution in [0.2, 0.25) is 0 Å². The molecule has 10 heteroatoms. The number of hydrogen-bond donors (Lipinski definition) is 2. The summed E-state index contributed by atoms with van der Waals surface area (Å²) in [6.07, 6.45) is 0.762. The van der Waals surface area contributed by atoms with Crippen molar-refractivity contribution in [3.8, 4) is 0 Å². The van der Waals surface area contributed by atoms with Gasteiger partial charge in [0.2, 0.25) is 26.0 Å². The van der Waals surface area contributed by atoms with Gasteiger partial charge in [-0.2, -0.15) is 4.31 Å². The number of benzene rings is 2. The lowest BCUT2D eigenvalue weighted by Crippen LogP contribution is -2.41. The van der Waals surface area contributed by atoms with Gasteiger partial charge in [-0.1, -0.05) is 23.8 Å². The Morgan fingerprint density at radius 3 is 2.21 bits per heavy atom. The molecule has 1 amide bonds. The first-order valence-corrected chi connectivity index (χ1v) is 12.1. The average Bonchev–Trinajstić information content (AvgIpc) is 2.68. The van der Waals surface area contributed by atoms with Gasteiger partial charge in [0.1, 0.15) is 0 Å². The van der Waals surface area contributed by atoms with Crippen molar-refractivity contribution in [3.63, 3.8) is 0 Å². The van der Waals surface area contributed by atoms with Gasteiger partial charge in [0.25, 0.3) is 0 Å². The minimum atomic E-state index is -3.86. The molecule has 3 N–H and O–H groups in total. The van der Waals surface area contributed by atoms with Crippen LogP contribution in [-0.2, 0) is 24.8 Å². The number of primary sulfonamides is 1. The first-order chi connectivity index (χ1) is 13.6. The molecule has 0 aromatic heterocycles. The number of nitrogens with zero attached hydrogens (tertiary/aromatic N) is 1. The van der Waals surface area contributed by atoms with E-state index in [9.17, 15) is 21.6 Å². The van der Waals surface area contributed by atoms with E-state index >= 15 is 0 Å². The lowest BCUT2D eigenvalue weighted by Gasteiger charge is -2.30. The fraction of sp³-hybridized carbons (Fsp3) is 0.316. The molecule has 156 valence electrons. The lowest BCUT2D eigenvalue weighted by molar-refractivity contribution is -0.120. The average molecular weight is 438 g/mol. The van der Waals surface area contributed by atoms with Crippen molar-refractivity contribution < 1.29 is 21.6 Å². The van der Waals surface area contributed by atoms with Crippen LogP contribution in [0, 0.1) is 12.8 Å². The maximum Gasteiger partial charge on any atom is 0.243 e. The molecule has 0 bridgehead atoms. The number of sulfonamides is 2. The molecule has 8 nitrogen and oxygen atoms in total. The molecule has 0 spiro atoms. The van der Waals surface area contributed by atoms with Crippen LogP contribution in [0.3, 0.4) is 0 Å². The van der Waals surface area contributed by atoms with Gasteiger partial charge in [0.15, 0.2) is 0 Å². The highest BCUT2D eigenvalue weighted by molar-refractivity contribution is 7.89. The van der Waals surface area contributed by atoms with Crippen LogP contribution in [0.15, 0.2) is 58.3 Å². The molecule has 1 aliphatic heterocycles. The summed E-state index contributed by atoms with van der Waals surface area (Å²) in [6.45, 7) is 2.37. The highest BCUT2D eigenvalue weighted by Crippen LogP contribution is 2.25. The third-order valence-corrected chi connectivity index (χ3v) is 7.74. The molecule has 0 saturated carbocycles. The van der Waals surface area contributed by atoms with Crippen LogP contribution < -0.4 is 10.5 Å². The first-order valence-electron chi connectivity index (χ1n) is 9.08. The first kappa shape index (κ1) is 21.4. The number of aryl methyl sites for hydroxylation is 1. The van der Waals surface area contributed by atoms with Gasteiger partial charge in [0, 0.05) is 24.7 Å². The van der Waals surface area contributed by atoms with E-state index in [4.69, 9.17) is 5.14 Å². The number of nitrogens with one attached hydrogen (secondary N) is 1. The monoisotopic (exact) mass is 437 g/mol. The van der Waals surface area contributed by atoms with E-state index in [1.165, 1.54) is 22.5 Å². The normalized spacial score (nSPS) is 16.5. The maximum absolute atomic E-state index is 12.8. The second-order valence-electron chi connectivity index (χ2n) is 7.05. The Kier molecular flexibility index (Phi) is 6.08. The molecule has 1 aliphatic rings. The fourth-order valence-corrected chi connectivity index (χ4v) is 5.24. The van der Waals surface area contributed by atoms with Gasteiger partial charge in [0.05, 0.1) is 9.79 Å². The standard InChI is InChI=1S/C19H23N3O5S2/c1-14-5-7-17(8-6-14)29(26,27)22-11-9-15(10-12-22)19(23)21-16-3-2-4-18(13-16)28(20,24)25/h2-8,13,15H,9-12H2,1H3,(H,21,23)(H2,20,24,25). The minimum Gasteiger partial charge on any atom is -0.326 e. The largest absolute Gasteiger partial charge is 0.326 e. The zero-order valence-corrected chi connectivity index (χ0v) is 17.5. The number of piperidine rings is 1. The highest BCUT2D eigenvalue weighted by Gasteiger charge is 2.32. The van der Waals surface area contributed by atoms with Crippen LogP contribution in [0.1, 0.15) is 18.4 Å². The van der Waals surface area contributed by atoms with Crippen LogP contribution in [0.5, 0.6) is 0 Å². The molecule has 0 unspecified atom stereocenters. The van der Waals surface area contributed by atoms with Crippen LogP contribution in [0.4, 0.5) is 5.69 Å². The number of anilines is 1. The second kappa shape index (κ2) is 8.23. The molecule has 1 saturated heterocycles. The summed E-state index contributed by atoms with van der Waals surface area (Å²) in [5.41, 5.74) is 1.31. The van der Waals surface area contributed by atoms with Crippen molar-refractivity contribution in [2.24, 2.45) is 11.1 Å². The van der Waals surface area contributed by atoms with Crippen molar-refractivity contribution in [1.82, 2.24) is 4.31 Å². The van der Waals surface area contributed by atoms with Gasteiger partial charge in [-0.05, 0) is 50.1 Å². The smallest absolute Gasteiger partial charge is 0.243 e. The van der Waals surface area contributed by atoms with Crippen molar-refractivity contribution in [1.29, 1.82) is 0 Å². The molecule has 0 radical (unpaired) electrons. The third kappa shape index (κ3) is 5.02. The number of carbonyl (C=O) groups excluding carboxylic acids is 1. The number of nitrogens with two attached hydrogens (primary N) is 1. The van der Waals surface area contributed by atoms with Crippen molar-refractivity contribution in [3.05, 3.63) is 54.1 Å². The quantitative estimate of drug-likeness (QED) is 0.736. The van der Waals surface area contributed by atoms with E-state index in [1.54, 1.807) is 30.3 Å². The Balaban J connectivity index is 1.63. The van der Waals surface area contributed by atoms with E-state index < -0.39 is 20.0 Å². The summed E-state index contributed by atoms with van der Waals surface area (Å²) in [5, 5.41) is 7.80. The molecule has 2 aromatic rings. The molecule has 1 fully saturated rings. The number of hydrogen-bond acceptors (Lipinski definition) is 5. The molecule has 2 aromatic carbocycles. The Morgan fingerprint density at radius 2 is 1.62 bits per heavy atom. The molecule has 1 heterocycles. The Hall–Kier alpha value is -2.27. The number of rotatable bonds is 5. The summed E-state index contributed by atoms with van der Waals surface area (Å²) in [6, 6.07) is 12.4. The molecule has 3 rings (SSSR count). The van der Waals surface area contributed by atoms with Gasteiger partial charge < -0.3 is 5.32 Å². The van der Waals surface area contributed by atoms with E-state index in [-0.39, 0.29) is 34.7 Å². The van der Waals surface area contributed by atoms with Crippen LogP contribution in [0.25, 0.3) is 0 Å². The number of carbonyl (C=O) groups is 1. The summed E-state index contributed by atoms with van der Waals surface area (Å²) < 4.78 is 49.8. The van der Waals surface area contributed by atoms with Crippen molar-refractivity contribution in [2.45, 2.75) is 29.6 Å². The summed E-state index contributed by atoms with van der Waals surface area (Å²) in [7, 11) is -7.45. The second-order valence-corrected chi connectivity index (χ2v) is 10.6. The Bertz CT molecular complexity index is 1100. The van der Waals surface area contributed by atoms with Gasteiger partial charge in [-0.25, -0.2) is 22.0 Å². The van der Waals surface area contributed by atoms with Gasteiger partial charge >= 0.3 is 0 Å². The molecular formula is C19H23N3O5S2. The van der Waals surface area contributed by atoms with E-state index in [1.807, 2.05) is 6.92 Å². The van der Waals surface area contributed by atoms with Crippen LogP contribution in [-0.4, -0.2) is 40.1 Å². The van der Waals surface area contributed by atoms with Crippen molar-refractivity contribution in [2.75, 3.05) is 18.4 Å². The topological polar surface area (TPSA) is 127 Å². The summed E-state index contributed by atoms with van der Waals surface area (Å²) >= 11 is 0. The predicted molar refractivity (Wildman–Crippen MR) is 109 cm³/mol. The zero-order valence-electron chi connectivity index (χ0n) is 15.9. The lowest BCUT2D eigenvalue weighted by atomic mass is 9.97. The zero-order chi connectivity index (χ0) is 21.2. The number of amides is 1. The molecule has 29 heavy (non-hydrogen) atoms. The van der Waals surface area contributed by atoms with E-state index in [0.29, 0.717) is 18.5 Å². The van der Waals surface area contributed by atoms with Crippen molar-refractivity contribution >= 4 is 31.6 Å². The highest BCUT2D eigenvalue weighted by atomic mass is 32.2. The van der Waals surface area contributed by atoms with E-state index in [0.717, 1.165) is 5.56 Å². The SMILES string of the molecule is Cc1ccc(S(=O)(=O)N2CCC(C(=O)Nc3cccc(S(N)(=O)=O)c3)CC2)cc1. The predicted octanol–water partition coefficient (Wildman–Crippen LogP) is 1.68. The van der Waals surface area contributed by atoms with E-state index in [2.05, 4.69) is 5.32 Å². The Morgan fingerprint density at radius 1 is 1.00 bits per heavy atom. The van der Waals surface area contributed by atoms with Gasteiger partial charge in [-0.15, -0.1) is 0 Å². The maximum atomic E-state index is 12.8. The molecular weight excluding hydrogens is 414 g/mol. The third-order valence-electron chi connectivity index (χ3n) is 4.91. The molecule has 0 aliphatic carbocycles. The summed E-state index contributed by atoms with van der Waals surface area (Å²) in [4.78, 5) is 12.7.